The first-order chi connectivity index (χ1) is 19.1. The molecule has 0 saturated heterocycles. The molecule has 0 unspecified atom stereocenters. The Morgan fingerprint density at radius 2 is 1.73 bits per heavy atom. The summed E-state index contributed by atoms with van der Waals surface area (Å²) in [5.74, 6) is 0.388. The maximum Gasteiger partial charge on any atom is 0.246 e. The Bertz CT molecular complexity index is 1300. The number of carbonyl (C=O) groups excluding carboxylic acids is 2. The number of aliphatic hydroxyl groups is 1. The summed E-state index contributed by atoms with van der Waals surface area (Å²) in [5.41, 5.74) is 7.61. The molecule has 0 aromatic heterocycles. The van der Waals surface area contributed by atoms with Crippen molar-refractivity contribution in [3.63, 3.8) is 0 Å². The summed E-state index contributed by atoms with van der Waals surface area (Å²) < 4.78 is 5.83. The smallest absolute Gasteiger partial charge is 0.246 e. The van der Waals surface area contributed by atoms with Gasteiger partial charge >= 0.3 is 0 Å². The number of aliphatic hydroxyl groups excluding tert-OH is 1. The van der Waals surface area contributed by atoms with E-state index in [4.69, 9.17) is 15.6 Å². The van der Waals surface area contributed by atoms with Gasteiger partial charge in [0.15, 0.2) is 0 Å². The van der Waals surface area contributed by atoms with Crippen LogP contribution in [-0.2, 0) is 22.4 Å². The zero-order valence-corrected chi connectivity index (χ0v) is 24.2. The van der Waals surface area contributed by atoms with Crippen LogP contribution in [0.3, 0.4) is 0 Å². The van der Waals surface area contributed by atoms with Crippen LogP contribution in [0.4, 0.5) is 0 Å². The summed E-state index contributed by atoms with van der Waals surface area (Å²) >= 11 is 0. The van der Waals surface area contributed by atoms with Gasteiger partial charge < -0.3 is 25.4 Å². The van der Waals surface area contributed by atoms with E-state index in [2.05, 4.69) is 18.2 Å². The molecule has 0 aliphatic carbocycles. The Balaban J connectivity index is 1.78. The maximum absolute atomic E-state index is 13.8. The molecule has 3 aromatic rings. The van der Waals surface area contributed by atoms with Crippen LogP contribution in [0, 0.1) is 0 Å². The molecule has 7 nitrogen and oxygen atoms in total. The van der Waals surface area contributed by atoms with Crippen molar-refractivity contribution in [2.24, 2.45) is 5.73 Å². The molecule has 214 valence electrons. The summed E-state index contributed by atoms with van der Waals surface area (Å²) in [6, 6.07) is 21.3. The second-order valence-electron chi connectivity index (χ2n) is 11.0. The number of para-hydroxylation sites is 1. The van der Waals surface area contributed by atoms with Gasteiger partial charge in [0, 0.05) is 45.6 Å². The van der Waals surface area contributed by atoms with Crippen molar-refractivity contribution >= 4 is 22.6 Å². The van der Waals surface area contributed by atoms with Crippen molar-refractivity contribution in [3.8, 4) is 5.75 Å². The molecule has 0 spiro atoms. The summed E-state index contributed by atoms with van der Waals surface area (Å²) in [6.07, 6.45) is 5.39. The van der Waals surface area contributed by atoms with Crippen molar-refractivity contribution < 1.29 is 19.4 Å². The van der Waals surface area contributed by atoms with Gasteiger partial charge in [0.2, 0.25) is 11.8 Å². The third-order valence-corrected chi connectivity index (χ3v) is 6.87. The molecule has 3 N–H and O–H groups in total. The van der Waals surface area contributed by atoms with Gasteiger partial charge in [-0.05, 0) is 60.7 Å². The highest BCUT2D eigenvalue weighted by Crippen LogP contribution is 2.21. The number of benzene rings is 3. The molecule has 40 heavy (non-hydrogen) atoms. The van der Waals surface area contributed by atoms with E-state index in [1.54, 1.807) is 25.1 Å². The Hall–Kier alpha value is -3.68. The van der Waals surface area contributed by atoms with Crippen molar-refractivity contribution in [3.05, 3.63) is 90.0 Å². The fourth-order valence-corrected chi connectivity index (χ4v) is 4.46. The monoisotopic (exact) mass is 545 g/mol. The zero-order chi connectivity index (χ0) is 29.1. The minimum atomic E-state index is -0.676. The highest BCUT2D eigenvalue weighted by Gasteiger charge is 2.29. The van der Waals surface area contributed by atoms with Crippen molar-refractivity contribution in [1.82, 2.24) is 9.80 Å². The fraction of sp³-hybridized carbons (Fsp3) is 0.394. The molecule has 0 aliphatic heterocycles. The van der Waals surface area contributed by atoms with Gasteiger partial charge in [-0.15, -0.1) is 0 Å². The van der Waals surface area contributed by atoms with Crippen LogP contribution in [-0.4, -0.2) is 72.2 Å². The summed E-state index contributed by atoms with van der Waals surface area (Å²) in [7, 11) is 3.46. The topological polar surface area (TPSA) is 96.1 Å². The maximum atomic E-state index is 13.8. The second-order valence-corrected chi connectivity index (χ2v) is 11.0. The summed E-state index contributed by atoms with van der Waals surface area (Å²) in [5, 5.41) is 11.3. The molecule has 3 aromatic carbocycles. The van der Waals surface area contributed by atoms with E-state index >= 15 is 0 Å². The molecule has 0 heterocycles. The lowest BCUT2D eigenvalue weighted by Crippen LogP contribution is -2.49. The number of hydrogen-bond donors (Lipinski definition) is 2. The molecule has 1 atom stereocenters. The van der Waals surface area contributed by atoms with Crippen LogP contribution in [0.5, 0.6) is 5.75 Å². The van der Waals surface area contributed by atoms with Gasteiger partial charge in [-0.2, -0.15) is 0 Å². The van der Waals surface area contributed by atoms with Crippen LogP contribution in [0.2, 0.25) is 0 Å². The minimum Gasteiger partial charge on any atom is -0.493 e. The first kappa shape index (κ1) is 30.9. The number of fused-ring (bicyclic) bond motifs is 1. The number of hydrogen-bond acceptors (Lipinski definition) is 5. The van der Waals surface area contributed by atoms with E-state index in [0.717, 1.165) is 27.6 Å². The second kappa shape index (κ2) is 14.6. The van der Waals surface area contributed by atoms with E-state index in [1.165, 1.54) is 11.0 Å². The van der Waals surface area contributed by atoms with Crippen molar-refractivity contribution in [1.29, 1.82) is 0 Å². The Kier molecular flexibility index (Phi) is 11.3. The SMILES string of the molecule is CN(CCc1ccccc1OCCCO)C(=O)[C@@H](Cc1ccc2ccccc2c1)N(C)C(=O)/C=C/CC(C)(C)N. The number of rotatable bonds is 14. The van der Waals surface area contributed by atoms with Gasteiger partial charge in [-0.25, -0.2) is 0 Å². The molecule has 2 amide bonds. The Morgan fingerprint density at radius 1 is 1.02 bits per heavy atom. The molecule has 7 heteroatoms. The number of amides is 2. The van der Waals surface area contributed by atoms with Crippen LogP contribution in [0.1, 0.15) is 37.8 Å². The molecule has 0 bridgehead atoms. The number of nitrogens with zero attached hydrogens (tertiary/aromatic N) is 2. The van der Waals surface area contributed by atoms with Gasteiger partial charge in [-0.3, -0.25) is 9.59 Å². The summed E-state index contributed by atoms with van der Waals surface area (Å²) in [6.45, 7) is 4.78. The van der Waals surface area contributed by atoms with Gasteiger partial charge in [0.25, 0.3) is 0 Å². The lowest BCUT2D eigenvalue weighted by Gasteiger charge is -2.31. The first-order valence-corrected chi connectivity index (χ1v) is 13.9. The minimum absolute atomic E-state index is 0.0728. The van der Waals surface area contributed by atoms with E-state index in [0.29, 0.717) is 38.8 Å². The number of carbonyl (C=O) groups is 2. The van der Waals surface area contributed by atoms with Gasteiger partial charge in [0.1, 0.15) is 11.8 Å². The number of likely N-dealkylation sites (N-methyl/N-ethyl adjacent to an activating group) is 2. The molecule has 0 radical (unpaired) electrons. The van der Waals surface area contributed by atoms with E-state index < -0.39 is 11.6 Å². The van der Waals surface area contributed by atoms with Crippen molar-refractivity contribution in [2.45, 2.75) is 51.1 Å². The molecular weight excluding hydrogens is 502 g/mol. The van der Waals surface area contributed by atoms with Crippen LogP contribution in [0.25, 0.3) is 10.8 Å². The van der Waals surface area contributed by atoms with E-state index in [1.807, 2.05) is 62.4 Å². The van der Waals surface area contributed by atoms with Crippen molar-refractivity contribution in [2.75, 3.05) is 33.9 Å². The van der Waals surface area contributed by atoms with E-state index in [9.17, 15) is 9.59 Å². The Morgan fingerprint density at radius 3 is 2.45 bits per heavy atom. The highest BCUT2D eigenvalue weighted by atomic mass is 16.5. The zero-order valence-electron chi connectivity index (χ0n) is 24.2. The normalized spacial score (nSPS) is 12.4. The number of nitrogens with two attached hydrogens (primary N) is 1. The molecule has 0 fully saturated rings. The quantitative estimate of drug-likeness (QED) is 0.232. The average Bonchev–Trinajstić information content (AvgIpc) is 2.93. The van der Waals surface area contributed by atoms with E-state index in [-0.39, 0.29) is 18.4 Å². The predicted molar refractivity (Wildman–Crippen MR) is 161 cm³/mol. The van der Waals surface area contributed by atoms with Gasteiger partial charge in [0.05, 0.1) is 6.61 Å². The molecule has 0 saturated carbocycles. The van der Waals surface area contributed by atoms with Crippen LogP contribution >= 0.6 is 0 Å². The number of ether oxygens (including phenoxy) is 1. The predicted octanol–water partition coefficient (Wildman–Crippen LogP) is 4.36. The molecular formula is C33H43N3O4. The molecule has 0 aliphatic rings. The fourth-order valence-electron chi connectivity index (χ4n) is 4.46. The first-order valence-electron chi connectivity index (χ1n) is 13.9. The summed E-state index contributed by atoms with van der Waals surface area (Å²) in [4.78, 5) is 30.2. The molecule has 3 rings (SSSR count). The highest BCUT2D eigenvalue weighted by molar-refractivity contribution is 5.93. The standard InChI is InChI=1S/C33H43N3O4/c1-33(2,34)19-9-15-31(38)36(4)29(24-25-16-17-26-11-5-6-13-28(26)23-25)32(39)35(3)20-18-27-12-7-8-14-30(27)40-22-10-21-37/h5-9,11-17,23,29,37H,10,18-22,24,34H2,1-4H3/b15-9+/t29-/m1/s1. The Labute approximate surface area is 238 Å². The average molecular weight is 546 g/mol. The third kappa shape index (κ3) is 9.21. The third-order valence-electron chi connectivity index (χ3n) is 6.87. The van der Waals surface area contributed by atoms with Gasteiger partial charge in [-0.1, -0.05) is 66.7 Å². The van der Waals surface area contributed by atoms with Crippen LogP contribution < -0.4 is 10.5 Å². The lowest BCUT2D eigenvalue weighted by atomic mass is 9.99. The largest absolute Gasteiger partial charge is 0.493 e. The van der Waals surface area contributed by atoms with Crippen LogP contribution in [0.15, 0.2) is 78.9 Å². The lowest BCUT2D eigenvalue weighted by molar-refractivity contribution is -0.141.